The predicted octanol–water partition coefficient (Wildman–Crippen LogP) is 7.59. The number of aryl methyl sites for hydroxylation is 1. The maximum Gasteiger partial charge on any atom is 0.307 e. The Morgan fingerprint density at radius 1 is 1.07 bits per heavy atom. The quantitative estimate of drug-likeness (QED) is 0.330. The third-order valence-electron chi connectivity index (χ3n) is 9.64. The summed E-state index contributed by atoms with van der Waals surface area (Å²) in [6.07, 6.45) is 7.58. The van der Waals surface area contributed by atoms with E-state index < -0.39 is 17.6 Å². The summed E-state index contributed by atoms with van der Waals surface area (Å²) in [7, 11) is 1.47. The van der Waals surface area contributed by atoms with Crippen LogP contribution in [0.3, 0.4) is 0 Å². The number of halogens is 2. The molecule has 3 atom stereocenters. The van der Waals surface area contributed by atoms with Crippen molar-refractivity contribution in [2.24, 2.45) is 11.3 Å². The lowest BCUT2D eigenvalue weighted by Gasteiger charge is -2.30. The smallest absolute Gasteiger partial charge is 0.307 e. The van der Waals surface area contributed by atoms with Crippen molar-refractivity contribution in [3.05, 3.63) is 76.5 Å². The van der Waals surface area contributed by atoms with Crippen LogP contribution in [0.1, 0.15) is 80.5 Å². The number of carbonyl (C=O) groups is 1. The Morgan fingerprint density at radius 2 is 1.90 bits per heavy atom. The minimum atomic E-state index is -0.744. The van der Waals surface area contributed by atoms with Crippen molar-refractivity contribution in [3.63, 3.8) is 0 Å². The second-order valence-electron chi connectivity index (χ2n) is 12.4. The summed E-state index contributed by atoms with van der Waals surface area (Å²) in [4.78, 5) is 15.7. The highest BCUT2D eigenvalue weighted by atomic mass is 19.1. The Kier molecular flexibility index (Phi) is 6.59. The van der Waals surface area contributed by atoms with Gasteiger partial charge in [0.2, 0.25) is 5.88 Å². The first-order valence-electron chi connectivity index (χ1n) is 14.1. The van der Waals surface area contributed by atoms with Gasteiger partial charge in [-0.15, -0.1) is 0 Å². The predicted molar refractivity (Wildman–Crippen MR) is 148 cm³/mol. The van der Waals surface area contributed by atoms with Crippen LogP contribution in [0.5, 0.6) is 11.6 Å². The Hall–Kier alpha value is -3.48. The van der Waals surface area contributed by atoms with Crippen LogP contribution in [0.25, 0.3) is 11.1 Å². The molecule has 0 amide bonds. The summed E-state index contributed by atoms with van der Waals surface area (Å²) in [5, 5.41) is 9.65. The molecule has 1 N–H and O–H groups in total. The van der Waals surface area contributed by atoms with Gasteiger partial charge < -0.3 is 14.6 Å². The molecule has 40 heavy (non-hydrogen) atoms. The van der Waals surface area contributed by atoms with E-state index in [1.807, 2.05) is 24.3 Å². The van der Waals surface area contributed by atoms with E-state index in [0.717, 1.165) is 55.8 Å². The fourth-order valence-electron chi connectivity index (χ4n) is 7.33. The van der Waals surface area contributed by atoms with Crippen LogP contribution in [-0.2, 0) is 23.2 Å². The van der Waals surface area contributed by atoms with E-state index in [2.05, 4.69) is 18.8 Å². The van der Waals surface area contributed by atoms with Gasteiger partial charge in [-0.1, -0.05) is 26.3 Å². The van der Waals surface area contributed by atoms with E-state index in [1.54, 1.807) is 0 Å². The molecular weight excluding hydrogens is 512 g/mol. The van der Waals surface area contributed by atoms with Crippen LogP contribution in [0, 0.1) is 23.0 Å². The number of ether oxygens (including phenoxy) is 2. The van der Waals surface area contributed by atoms with Crippen molar-refractivity contribution in [1.82, 2.24) is 4.98 Å². The van der Waals surface area contributed by atoms with Gasteiger partial charge in [-0.25, -0.2) is 13.8 Å². The molecule has 3 aliphatic rings. The van der Waals surface area contributed by atoms with E-state index in [4.69, 9.17) is 9.47 Å². The number of pyridine rings is 1. The zero-order valence-corrected chi connectivity index (χ0v) is 23.2. The van der Waals surface area contributed by atoms with Crippen molar-refractivity contribution in [2.75, 3.05) is 7.11 Å². The molecule has 5 nitrogen and oxygen atoms in total. The van der Waals surface area contributed by atoms with Gasteiger partial charge in [-0.05, 0) is 96.4 Å². The highest BCUT2D eigenvalue weighted by Gasteiger charge is 2.60. The fourth-order valence-corrected chi connectivity index (χ4v) is 7.33. The maximum absolute atomic E-state index is 15.6. The van der Waals surface area contributed by atoms with Crippen molar-refractivity contribution in [2.45, 2.75) is 76.7 Å². The third kappa shape index (κ3) is 4.53. The highest BCUT2D eigenvalue weighted by Crippen LogP contribution is 2.61. The van der Waals surface area contributed by atoms with Crippen LogP contribution >= 0.6 is 0 Å². The van der Waals surface area contributed by atoms with Gasteiger partial charge in [0.25, 0.3) is 0 Å². The maximum atomic E-state index is 15.6. The number of carboxylic acids is 1. The number of aliphatic carboxylic acids is 1. The summed E-state index contributed by atoms with van der Waals surface area (Å²) < 4.78 is 42.1. The summed E-state index contributed by atoms with van der Waals surface area (Å²) in [5.41, 5.74) is 4.02. The molecule has 1 spiro atoms. The summed E-state index contributed by atoms with van der Waals surface area (Å²) in [6.45, 7) is 4.44. The number of nitrogens with zero attached hydrogens (tertiary/aromatic N) is 1. The molecule has 0 bridgehead atoms. The van der Waals surface area contributed by atoms with Gasteiger partial charge in [-0.2, -0.15) is 0 Å². The average molecular weight is 548 g/mol. The molecule has 0 aliphatic heterocycles. The Labute approximate surface area is 233 Å². The normalized spacial score (nSPS) is 24.5. The van der Waals surface area contributed by atoms with Gasteiger partial charge in [0, 0.05) is 22.6 Å². The van der Waals surface area contributed by atoms with Crippen LogP contribution < -0.4 is 9.47 Å². The van der Waals surface area contributed by atoms with E-state index in [9.17, 15) is 9.90 Å². The second kappa shape index (κ2) is 9.86. The fraction of sp³-hybridized carbons (Fsp3) is 0.455. The zero-order valence-electron chi connectivity index (χ0n) is 23.2. The number of hydrogen-bond acceptors (Lipinski definition) is 4. The lowest BCUT2D eigenvalue weighted by molar-refractivity contribution is -0.139. The Bertz CT molecular complexity index is 1490. The molecule has 6 rings (SSSR count). The molecule has 1 heterocycles. The van der Waals surface area contributed by atoms with E-state index in [-0.39, 0.29) is 40.7 Å². The molecule has 3 unspecified atom stereocenters. The number of hydrogen-bond donors (Lipinski definition) is 1. The molecule has 0 radical (unpaired) electrons. The molecule has 7 heteroatoms. The van der Waals surface area contributed by atoms with Crippen LogP contribution in [0.15, 0.2) is 42.6 Å². The van der Waals surface area contributed by atoms with Crippen molar-refractivity contribution >= 4 is 5.97 Å². The lowest BCUT2D eigenvalue weighted by Crippen LogP contribution is -2.21. The van der Waals surface area contributed by atoms with Gasteiger partial charge in [0.15, 0.2) is 0 Å². The largest absolute Gasteiger partial charge is 0.489 e. The van der Waals surface area contributed by atoms with Crippen molar-refractivity contribution in [3.8, 4) is 22.8 Å². The molecule has 3 aliphatic carbocycles. The first-order valence-corrected chi connectivity index (χ1v) is 14.1. The molecule has 2 aromatic carbocycles. The summed E-state index contributed by atoms with van der Waals surface area (Å²) in [5.74, 6) is -1.08. The monoisotopic (exact) mass is 547 g/mol. The molecule has 2 saturated carbocycles. The van der Waals surface area contributed by atoms with Gasteiger partial charge in [0.1, 0.15) is 24.0 Å². The topological polar surface area (TPSA) is 68.7 Å². The number of carboxylic acid groups (broad SMARTS) is 1. The minimum Gasteiger partial charge on any atom is -0.489 e. The van der Waals surface area contributed by atoms with E-state index in [0.29, 0.717) is 23.3 Å². The number of aromatic nitrogens is 1. The molecule has 210 valence electrons. The Balaban J connectivity index is 1.34. The first kappa shape index (κ1) is 26.7. The molecule has 2 fully saturated rings. The van der Waals surface area contributed by atoms with Crippen LogP contribution in [0.2, 0.25) is 0 Å². The van der Waals surface area contributed by atoms with E-state index >= 15 is 8.78 Å². The van der Waals surface area contributed by atoms with Gasteiger partial charge in [0.05, 0.1) is 19.2 Å². The number of benzene rings is 2. The zero-order chi connectivity index (χ0) is 28.2. The van der Waals surface area contributed by atoms with Crippen LogP contribution in [-0.4, -0.2) is 23.2 Å². The highest BCUT2D eigenvalue weighted by molar-refractivity contribution is 5.78. The van der Waals surface area contributed by atoms with Crippen LogP contribution in [0.4, 0.5) is 8.78 Å². The number of methoxy groups -OCH3 is 1. The third-order valence-corrected chi connectivity index (χ3v) is 9.64. The van der Waals surface area contributed by atoms with Crippen molar-refractivity contribution < 1.29 is 28.2 Å². The summed E-state index contributed by atoms with van der Waals surface area (Å²) >= 11 is 0. The molecule has 3 aromatic rings. The molecule has 0 saturated heterocycles. The number of fused-ring (bicyclic) bond motifs is 2. The van der Waals surface area contributed by atoms with E-state index in [1.165, 1.54) is 24.8 Å². The van der Waals surface area contributed by atoms with Gasteiger partial charge >= 0.3 is 5.97 Å². The molecular formula is C33H35F2NO4. The molecule has 1 aromatic heterocycles. The lowest BCUT2D eigenvalue weighted by atomic mass is 9.75. The standard InChI is InChI=1S/C33H35F2NO4/c1-32(2)10-5-7-25(32)23-12-20(28(34)14-22(23)24-15-30(39-3)36-17-29(24)35)18-40-21-9-8-19-6-4-11-33(26(19)13-21)16-27(33)31(37)38/h8-9,12-15,17,25,27H,4-7,10-11,16,18H2,1-3H3,(H,37,38). The van der Waals surface area contributed by atoms with Crippen molar-refractivity contribution in [1.29, 1.82) is 0 Å². The van der Waals surface area contributed by atoms with Gasteiger partial charge in [-0.3, -0.25) is 4.79 Å². The average Bonchev–Trinajstić information content (AvgIpc) is 3.55. The number of rotatable bonds is 7. The Morgan fingerprint density at radius 3 is 2.60 bits per heavy atom. The minimum absolute atomic E-state index is 0.0164. The first-order chi connectivity index (χ1) is 19.1. The second-order valence-corrected chi connectivity index (χ2v) is 12.4. The summed E-state index contributed by atoms with van der Waals surface area (Å²) in [6, 6.07) is 10.7. The SMILES string of the molecule is COc1cc(-c2cc(F)c(COc3ccc4c(c3)C3(CCC4)CC3C(=O)O)cc2C2CCCC2(C)C)c(F)cn1.